The van der Waals surface area contributed by atoms with Crippen molar-refractivity contribution in [3.63, 3.8) is 0 Å². The second kappa shape index (κ2) is 10.1. The van der Waals surface area contributed by atoms with Crippen LogP contribution < -0.4 is 0 Å². The van der Waals surface area contributed by atoms with Gasteiger partial charge in [-0.3, -0.25) is 4.90 Å². The van der Waals surface area contributed by atoms with Gasteiger partial charge in [0.1, 0.15) is 6.10 Å². The van der Waals surface area contributed by atoms with E-state index < -0.39 is 10.8 Å². The van der Waals surface area contributed by atoms with E-state index in [0.29, 0.717) is 17.7 Å². The summed E-state index contributed by atoms with van der Waals surface area (Å²) in [5.74, 6) is -0.447. The summed E-state index contributed by atoms with van der Waals surface area (Å²) >= 11 is 7.13. The molecule has 1 fully saturated rings. The average Bonchev–Trinajstić information content (AvgIpc) is 2.85. The molecule has 0 saturated carbocycles. The van der Waals surface area contributed by atoms with Gasteiger partial charge in [-0.1, -0.05) is 109 Å². The van der Waals surface area contributed by atoms with Crippen molar-refractivity contribution in [3.8, 4) is 0 Å². The van der Waals surface area contributed by atoms with Crippen LogP contribution in [0.25, 0.3) is 0 Å². The Labute approximate surface area is 189 Å². The molecule has 0 spiro atoms. The molecule has 160 valence electrons. The van der Waals surface area contributed by atoms with Crippen LogP contribution in [-0.2, 0) is 14.4 Å². The van der Waals surface area contributed by atoms with Crippen molar-refractivity contribution < 1.29 is 9.53 Å². The summed E-state index contributed by atoms with van der Waals surface area (Å²) in [7, 11) is 0. The minimum absolute atomic E-state index is 0.377. The molecule has 0 bridgehead atoms. The highest BCUT2D eigenvalue weighted by molar-refractivity contribution is 6.36. The fraction of sp³-hybridized carbons (Fsp3) is 0.296. The van der Waals surface area contributed by atoms with E-state index in [9.17, 15) is 4.79 Å². The maximum Gasteiger partial charge on any atom is 0.337 e. The number of nitrogens with zero attached hydrogens (tertiary/aromatic N) is 1. The Balaban J connectivity index is 1.66. The Morgan fingerprint density at radius 1 is 0.806 bits per heavy atom. The van der Waals surface area contributed by atoms with Crippen molar-refractivity contribution in [1.82, 2.24) is 4.90 Å². The second-order valence-electron chi connectivity index (χ2n) is 8.06. The quantitative estimate of drug-likeness (QED) is 0.341. The zero-order chi connectivity index (χ0) is 21.5. The molecule has 1 saturated heterocycles. The first-order valence-electron chi connectivity index (χ1n) is 11.0. The van der Waals surface area contributed by atoms with E-state index in [1.54, 1.807) is 0 Å². The van der Waals surface area contributed by atoms with E-state index in [4.69, 9.17) is 16.3 Å². The molecule has 3 aromatic rings. The van der Waals surface area contributed by atoms with Gasteiger partial charge >= 0.3 is 5.97 Å². The summed E-state index contributed by atoms with van der Waals surface area (Å²) in [6.45, 7) is 2.74. The zero-order valence-corrected chi connectivity index (χ0v) is 18.4. The Morgan fingerprint density at radius 2 is 1.29 bits per heavy atom. The monoisotopic (exact) mass is 433 g/mol. The largest absolute Gasteiger partial charge is 0.454 e. The highest BCUT2D eigenvalue weighted by Crippen LogP contribution is 2.39. The predicted octanol–water partition coefficient (Wildman–Crippen LogP) is 5.94. The van der Waals surface area contributed by atoms with Crippen LogP contribution in [0.1, 0.15) is 42.1 Å². The first-order chi connectivity index (χ1) is 15.2. The van der Waals surface area contributed by atoms with Gasteiger partial charge in [0.15, 0.2) is 4.87 Å². The number of hydrogen-bond donors (Lipinski definition) is 0. The van der Waals surface area contributed by atoms with E-state index in [1.807, 2.05) is 91.0 Å². The van der Waals surface area contributed by atoms with Crippen molar-refractivity contribution >= 4 is 17.6 Å². The van der Waals surface area contributed by atoms with Crippen LogP contribution >= 0.6 is 11.6 Å². The number of halogens is 1. The van der Waals surface area contributed by atoms with Crippen molar-refractivity contribution in [2.75, 3.05) is 19.6 Å². The van der Waals surface area contributed by atoms with Crippen LogP contribution in [0.2, 0.25) is 0 Å². The first kappa shape index (κ1) is 21.6. The summed E-state index contributed by atoms with van der Waals surface area (Å²) in [6, 6.07) is 28.9. The number of rotatable bonds is 7. The molecule has 4 heteroatoms. The van der Waals surface area contributed by atoms with Gasteiger partial charge in [0.2, 0.25) is 0 Å². The predicted molar refractivity (Wildman–Crippen MR) is 125 cm³/mol. The molecule has 3 aromatic carbocycles. The van der Waals surface area contributed by atoms with E-state index in [0.717, 1.165) is 18.7 Å². The number of esters is 1. The fourth-order valence-electron chi connectivity index (χ4n) is 4.20. The van der Waals surface area contributed by atoms with Gasteiger partial charge in [-0.2, -0.15) is 0 Å². The molecule has 31 heavy (non-hydrogen) atoms. The van der Waals surface area contributed by atoms with Gasteiger partial charge in [-0.15, -0.1) is 0 Å². The molecule has 0 amide bonds. The van der Waals surface area contributed by atoms with Crippen LogP contribution in [0.5, 0.6) is 0 Å². The van der Waals surface area contributed by atoms with Crippen LogP contribution in [0.15, 0.2) is 91.0 Å². The molecule has 1 unspecified atom stereocenters. The smallest absolute Gasteiger partial charge is 0.337 e. The molecule has 0 aromatic heterocycles. The molecule has 3 nitrogen and oxygen atoms in total. The third-order valence-corrected chi connectivity index (χ3v) is 6.51. The number of piperidine rings is 1. The molecule has 1 aliphatic rings. The number of carbonyl (C=O) groups is 1. The molecule has 1 atom stereocenters. The number of hydrogen-bond acceptors (Lipinski definition) is 3. The average molecular weight is 434 g/mol. The summed E-state index contributed by atoms with van der Waals surface area (Å²) in [5.41, 5.74) is 2.40. The van der Waals surface area contributed by atoms with Gasteiger partial charge in [0.25, 0.3) is 0 Å². The summed E-state index contributed by atoms with van der Waals surface area (Å²) < 4.78 is 6.20. The topological polar surface area (TPSA) is 29.5 Å². The van der Waals surface area contributed by atoms with Crippen molar-refractivity contribution in [1.29, 1.82) is 0 Å². The van der Waals surface area contributed by atoms with Crippen LogP contribution in [0, 0.1) is 0 Å². The van der Waals surface area contributed by atoms with Crippen LogP contribution in [-0.4, -0.2) is 30.5 Å². The minimum atomic E-state index is -1.41. The number of likely N-dealkylation sites (tertiary alicyclic amines) is 1. The molecule has 4 rings (SSSR count). The number of carbonyl (C=O) groups excluding carboxylic acids is 1. The molecule has 0 N–H and O–H groups in total. The Kier molecular flexibility index (Phi) is 7.06. The zero-order valence-electron chi connectivity index (χ0n) is 17.6. The Morgan fingerprint density at radius 3 is 1.81 bits per heavy atom. The van der Waals surface area contributed by atoms with Gasteiger partial charge in [0, 0.05) is 6.54 Å². The van der Waals surface area contributed by atoms with Crippen molar-refractivity contribution in [3.05, 3.63) is 108 Å². The molecule has 0 radical (unpaired) electrons. The molecular weight excluding hydrogens is 406 g/mol. The minimum Gasteiger partial charge on any atom is -0.454 e. The molecular formula is C27H28ClNO2. The maximum absolute atomic E-state index is 13.7. The van der Waals surface area contributed by atoms with Crippen molar-refractivity contribution in [2.24, 2.45) is 0 Å². The number of ether oxygens (including phenoxy) is 1. The fourth-order valence-corrected chi connectivity index (χ4v) is 4.50. The van der Waals surface area contributed by atoms with Gasteiger partial charge in [-0.25, -0.2) is 4.79 Å². The number of alkyl halides is 1. The van der Waals surface area contributed by atoms with E-state index in [2.05, 4.69) is 4.90 Å². The molecule has 1 heterocycles. The van der Waals surface area contributed by atoms with Gasteiger partial charge in [0.05, 0.1) is 0 Å². The first-order valence-corrected chi connectivity index (χ1v) is 11.3. The van der Waals surface area contributed by atoms with E-state index >= 15 is 0 Å². The van der Waals surface area contributed by atoms with E-state index in [1.165, 1.54) is 19.3 Å². The SMILES string of the molecule is O=C(OC(CN1CCCCC1)c1ccccc1)C(Cl)(c1ccccc1)c1ccccc1. The standard InChI is InChI=1S/C27H28ClNO2/c28-27(23-15-7-2-8-16-23,24-17-9-3-10-18-24)26(30)31-25(22-13-5-1-6-14-22)21-29-19-11-4-12-20-29/h1-3,5-10,13-18,25H,4,11-12,19-21H2. The highest BCUT2D eigenvalue weighted by atomic mass is 35.5. The number of benzene rings is 3. The lowest BCUT2D eigenvalue weighted by molar-refractivity contribution is -0.153. The van der Waals surface area contributed by atoms with Gasteiger partial charge in [-0.05, 0) is 42.6 Å². The third kappa shape index (κ3) is 5.00. The summed E-state index contributed by atoms with van der Waals surface area (Å²) in [6.07, 6.45) is 3.25. The Hall–Kier alpha value is -2.62. The highest BCUT2D eigenvalue weighted by Gasteiger charge is 2.43. The Bertz CT molecular complexity index is 917. The van der Waals surface area contributed by atoms with Gasteiger partial charge < -0.3 is 4.74 Å². The molecule has 1 aliphatic heterocycles. The lowest BCUT2D eigenvalue weighted by Crippen LogP contribution is -2.38. The third-order valence-electron chi connectivity index (χ3n) is 5.92. The lowest BCUT2D eigenvalue weighted by atomic mass is 9.90. The van der Waals surface area contributed by atoms with E-state index in [-0.39, 0.29) is 6.10 Å². The second-order valence-corrected chi connectivity index (χ2v) is 8.62. The van der Waals surface area contributed by atoms with Crippen LogP contribution in [0.4, 0.5) is 0 Å². The summed E-state index contributed by atoms with van der Waals surface area (Å²) in [5, 5.41) is 0. The molecule has 0 aliphatic carbocycles. The normalized spacial score (nSPS) is 15.9. The van der Waals surface area contributed by atoms with Crippen molar-refractivity contribution in [2.45, 2.75) is 30.2 Å². The lowest BCUT2D eigenvalue weighted by Gasteiger charge is -2.33. The summed E-state index contributed by atoms with van der Waals surface area (Å²) in [4.78, 5) is 14.7. The van der Waals surface area contributed by atoms with Crippen LogP contribution in [0.3, 0.4) is 0 Å². The maximum atomic E-state index is 13.7.